The Balaban J connectivity index is 1.38. The Morgan fingerprint density at radius 3 is 2.26 bits per heavy atom. The first-order valence-electron chi connectivity index (χ1n) is 10.7. The Kier molecular flexibility index (Phi) is 6.72. The van der Waals surface area contributed by atoms with E-state index in [9.17, 15) is 4.79 Å². The number of carbonyl (C=O) groups is 1. The number of likely N-dealkylation sites (tertiary alicyclic amines) is 1. The molecular weight excluding hydrogens is 372 g/mol. The molecule has 2 heterocycles. The number of piperidine rings is 1. The van der Waals surface area contributed by atoms with E-state index in [1.54, 1.807) is 4.90 Å². The van der Waals surface area contributed by atoms with Crippen LogP contribution in [0.25, 0.3) is 0 Å². The van der Waals surface area contributed by atoms with Crippen LogP contribution >= 0.6 is 23.5 Å². The minimum Gasteiger partial charge on any atom is -0.346 e. The molecule has 2 N–H and O–H groups in total. The highest BCUT2D eigenvalue weighted by Gasteiger charge is 2.42. The minimum atomic E-state index is 0.106. The molecule has 2 saturated heterocycles. The number of benzene rings is 1. The monoisotopic (exact) mass is 405 g/mol. The number of rotatable bonds is 5. The van der Waals surface area contributed by atoms with Crippen molar-refractivity contribution in [3.63, 3.8) is 0 Å². The zero-order valence-corrected chi connectivity index (χ0v) is 17.9. The summed E-state index contributed by atoms with van der Waals surface area (Å²) in [6.45, 7) is 3.43. The van der Waals surface area contributed by atoms with Crippen LogP contribution in [0.4, 0.5) is 0 Å². The molecule has 0 aromatic heterocycles. The number of carbonyl (C=O) groups excluding carboxylic acids is 1. The second-order valence-corrected chi connectivity index (χ2v) is 11.1. The van der Waals surface area contributed by atoms with Gasteiger partial charge in [-0.1, -0.05) is 18.6 Å². The lowest BCUT2D eigenvalue weighted by Crippen LogP contribution is -3.22. The fraction of sp³-hybridized carbons (Fsp3) is 0.682. The Morgan fingerprint density at radius 2 is 1.59 bits per heavy atom. The van der Waals surface area contributed by atoms with Gasteiger partial charge in [-0.05, 0) is 49.8 Å². The number of hydrogen-bond acceptors (Lipinski definition) is 3. The molecule has 2 aliphatic heterocycles. The van der Waals surface area contributed by atoms with Gasteiger partial charge in [0, 0.05) is 29.9 Å². The average molecular weight is 406 g/mol. The van der Waals surface area contributed by atoms with Crippen LogP contribution in [-0.4, -0.2) is 42.6 Å². The largest absolute Gasteiger partial charge is 0.346 e. The second-order valence-electron chi connectivity index (χ2n) is 8.38. The van der Waals surface area contributed by atoms with Gasteiger partial charge in [-0.2, -0.15) is 0 Å². The summed E-state index contributed by atoms with van der Waals surface area (Å²) in [7, 11) is 0. The van der Waals surface area contributed by atoms with E-state index in [2.05, 4.69) is 17.4 Å². The first-order valence-corrected chi connectivity index (χ1v) is 12.8. The van der Waals surface area contributed by atoms with E-state index in [-0.39, 0.29) is 11.4 Å². The molecule has 0 radical (unpaired) electrons. The summed E-state index contributed by atoms with van der Waals surface area (Å²) in [6, 6.07) is 8.34. The molecule has 1 aromatic carbocycles. The van der Waals surface area contributed by atoms with Gasteiger partial charge in [0.2, 0.25) is 0 Å². The molecule has 3 nitrogen and oxygen atoms in total. The van der Waals surface area contributed by atoms with E-state index in [1.165, 1.54) is 81.5 Å². The third-order valence-electron chi connectivity index (χ3n) is 6.67. The Bertz CT molecular complexity index is 616. The van der Waals surface area contributed by atoms with E-state index in [0.29, 0.717) is 4.58 Å². The van der Waals surface area contributed by atoms with Crippen molar-refractivity contribution in [1.82, 2.24) is 5.32 Å². The zero-order valence-electron chi connectivity index (χ0n) is 16.3. The predicted molar refractivity (Wildman–Crippen MR) is 117 cm³/mol. The molecule has 0 bridgehead atoms. The van der Waals surface area contributed by atoms with Gasteiger partial charge in [0.15, 0.2) is 0 Å². The van der Waals surface area contributed by atoms with Crippen LogP contribution in [0.1, 0.15) is 71.9 Å². The normalized spacial score (nSPS) is 24.0. The van der Waals surface area contributed by atoms with Crippen LogP contribution in [0.15, 0.2) is 24.3 Å². The topological polar surface area (TPSA) is 33.5 Å². The minimum absolute atomic E-state index is 0.106. The van der Waals surface area contributed by atoms with Gasteiger partial charge in [0.25, 0.3) is 5.91 Å². The van der Waals surface area contributed by atoms with Crippen LogP contribution in [0, 0.1) is 0 Å². The van der Waals surface area contributed by atoms with Crippen molar-refractivity contribution in [2.24, 2.45) is 0 Å². The Hall–Kier alpha value is -0.650. The number of hydrogen-bond donors (Lipinski definition) is 2. The smallest absolute Gasteiger partial charge is 0.251 e. The summed E-state index contributed by atoms with van der Waals surface area (Å²) in [5, 5.41) is 3.33. The molecule has 3 aliphatic rings. The molecule has 148 valence electrons. The van der Waals surface area contributed by atoms with E-state index in [4.69, 9.17) is 0 Å². The third kappa shape index (κ3) is 4.68. The molecule has 4 rings (SSSR count). The molecule has 0 spiro atoms. The van der Waals surface area contributed by atoms with E-state index in [1.807, 2.05) is 35.7 Å². The Morgan fingerprint density at radius 1 is 0.963 bits per heavy atom. The fourth-order valence-corrected chi connectivity index (χ4v) is 7.95. The summed E-state index contributed by atoms with van der Waals surface area (Å²) < 4.78 is 0.551. The molecule has 1 amide bonds. The highest BCUT2D eigenvalue weighted by atomic mass is 32.2. The summed E-state index contributed by atoms with van der Waals surface area (Å²) in [6.07, 6.45) is 10.6. The van der Waals surface area contributed by atoms with Gasteiger partial charge >= 0.3 is 0 Å². The fourth-order valence-electron chi connectivity index (χ4n) is 5.09. The summed E-state index contributed by atoms with van der Waals surface area (Å²) >= 11 is 4.03. The lowest BCUT2D eigenvalue weighted by molar-refractivity contribution is -0.957. The van der Waals surface area contributed by atoms with Crippen molar-refractivity contribution < 1.29 is 9.69 Å². The van der Waals surface area contributed by atoms with Crippen molar-refractivity contribution in [3.05, 3.63) is 35.4 Å². The van der Waals surface area contributed by atoms with Crippen molar-refractivity contribution in [1.29, 1.82) is 0 Å². The van der Waals surface area contributed by atoms with Crippen LogP contribution in [0.2, 0.25) is 0 Å². The van der Waals surface area contributed by atoms with Crippen LogP contribution in [-0.2, 0) is 0 Å². The maximum Gasteiger partial charge on any atom is 0.251 e. The highest BCUT2D eigenvalue weighted by Crippen LogP contribution is 2.45. The molecule has 1 aliphatic carbocycles. The number of thioether (sulfide) groups is 2. The van der Waals surface area contributed by atoms with Crippen molar-refractivity contribution >= 4 is 29.4 Å². The molecule has 27 heavy (non-hydrogen) atoms. The second kappa shape index (κ2) is 9.23. The lowest BCUT2D eigenvalue weighted by atomic mass is 9.79. The van der Waals surface area contributed by atoms with E-state index in [0.717, 1.165) is 12.1 Å². The third-order valence-corrected chi connectivity index (χ3v) is 9.78. The predicted octanol–water partition coefficient (Wildman–Crippen LogP) is 3.67. The van der Waals surface area contributed by atoms with Gasteiger partial charge in [0.05, 0.1) is 24.2 Å². The molecule has 1 saturated carbocycles. The zero-order chi connectivity index (χ0) is 18.5. The van der Waals surface area contributed by atoms with Crippen LogP contribution in [0.3, 0.4) is 0 Å². The quantitative estimate of drug-likeness (QED) is 0.784. The Labute approximate surface area is 172 Å². The average Bonchev–Trinajstić information content (AvgIpc) is 3.28. The molecule has 1 aromatic rings. The van der Waals surface area contributed by atoms with Crippen LogP contribution in [0.5, 0.6) is 0 Å². The summed E-state index contributed by atoms with van der Waals surface area (Å²) in [4.78, 5) is 14.6. The molecule has 5 heteroatoms. The molecule has 0 atom stereocenters. The van der Waals surface area contributed by atoms with E-state index >= 15 is 0 Å². The SMILES string of the molecule is O=C(NCC1([NH+]2CCCCC2)CCCCC1)c1ccc(C2SCCS2)cc1. The summed E-state index contributed by atoms with van der Waals surface area (Å²) in [5.41, 5.74) is 2.44. The first kappa shape index (κ1) is 19.7. The van der Waals surface area contributed by atoms with Gasteiger partial charge in [0.1, 0.15) is 5.54 Å². The number of amides is 1. The first-order chi connectivity index (χ1) is 13.3. The van der Waals surface area contributed by atoms with Crippen LogP contribution < -0.4 is 10.2 Å². The standard InChI is InChI=1S/C22H32N2OS2/c25-20(18-7-9-19(10-8-18)21-26-15-16-27-21)23-17-22(11-3-1-4-12-22)24-13-5-2-6-14-24/h7-10,21H,1-6,11-17H2,(H,23,25)/p+1. The highest BCUT2D eigenvalue weighted by molar-refractivity contribution is 8.19. The molecule has 3 fully saturated rings. The maximum absolute atomic E-state index is 12.8. The molecule has 0 unspecified atom stereocenters. The van der Waals surface area contributed by atoms with Gasteiger partial charge in [-0.3, -0.25) is 4.79 Å². The lowest BCUT2D eigenvalue weighted by Gasteiger charge is -2.45. The molecular formula is C22H33N2OS2+. The van der Waals surface area contributed by atoms with Crippen molar-refractivity contribution in [3.8, 4) is 0 Å². The van der Waals surface area contributed by atoms with Gasteiger partial charge in [-0.15, -0.1) is 23.5 Å². The van der Waals surface area contributed by atoms with Gasteiger partial charge in [-0.25, -0.2) is 0 Å². The number of nitrogens with one attached hydrogen (secondary N) is 2. The maximum atomic E-state index is 12.8. The number of quaternary nitrogens is 1. The summed E-state index contributed by atoms with van der Waals surface area (Å²) in [5.74, 6) is 2.58. The van der Waals surface area contributed by atoms with Crippen molar-refractivity contribution in [2.75, 3.05) is 31.1 Å². The van der Waals surface area contributed by atoms with Crippen molar-refractivity contribution in [2.45, 2.75) is 61.5 Å². The van der Waals surface area contributed by atoms with Gasteiger partial charge < -0.3 is 10.2 Å². The van der Waals surface area contributed by atoms with E-state index < -0.39 is 0 Å².